The van der Waals surface area contributed by atoms with E-state index >= 15 is 0 Å². The molecule has 4 nitrogen and oxygen atoms in total. The van der Waals surface area contributed by atoms with E-state index in [9.17, 15) is 0 Å². The molecule has 6 heteroatoms. The topological polar surface area (TPSA) is 51.4 Å². The second kappa shape index (κ2) is 9.28. The fourth-order valence-corrected chi connectivity index (χ4v) is 3.69. The lowest BCUT2D eigenvalue weighted by molar-refractivity contribution is 0.216. The Kier molecular flexibility index (Phi) is 6.79. The summed E-state index contributed by atoms with van der Waals surface area (Å²) in [6.07, 6.45) is 2.69. The van der Waals surface area contributed by atoms with Crippen molar-refractivity contribution in [3.63, 3.8) is 0 Å². The molecular weight excluding hydrogens is 393 g/mol. The van der Waals surface area contributed by atoms with E-state index in [1.54, 1.807) is 18.3 Å². The standard InChI is InChI=1S/C22H22ClN3O.ClH/c23-20-7-4-11-25-22(20)27-19-10-12-26(15-19)21-9-8-17(13-18(21)14-24)16-5-2-1-3-6-16;/h1-9,11,13,19H,10,12,14-15,24H2;1H. The van der Waals surface area contributed by atoms with Crippen LogP contribution in [0.2, 0.25) is 5.02 Å². The Bertz CT molecular complexity index is 921. The Morgan fingerprint density at radius 2 is 1.89 bits per heavy atom. The van der Waals surface area contributed by atoms with E-state index in [4.69, 9.17) is 22.1 Å². The van der Waals surface area contributed by atoms with Crippen LogP contribution in [0.1, 0.15) is 12.0 Å². The van der Waals surface area contributed by atoms with E-state index in [0.29, 0.717) is 17.4 Å². The van der Waals surface area contributed by atoms with Crippen LogP contribution in [0, 0.1) is 0 Å². The molecule has 1 unspecified atom stereocenters. The summed E-state index contributed by atoms with van der Waals surface area (Å²) in [5, 5.41) is 0.547. The van der Waals surface area contributed by atoms with Crippen molar-refractivity contribution in [1.29, 1.82) is 0 Å². The summed E-state index contributed by atoms with van der Waals surface area (Å²) in [5.41, 5.74) is 10.8. The monoisotopic (exact) mass is 415 g/mol. The molecule has 1 atom stereocenters. The smallest absolute Gasteiger partial charge is 0.232 e. The van der Waals surface area contributed by atoms with Gasteiger partial charge in [-0.3, -0.25) is 0 Å². The first-order valence-electron chi connectivity index (χ1n) is 9.15. The van der Waals surface area contributed by atoms with Crippen LogP contribution in [-0.4, -0.2) is 24.2 Å². The minimum atomic E-state index is 0. The second-order valence-corrected chi connectivity index (χ2v) is 7.09. The van der Waals surface area contributed by atoms with E-state index in [1.165, 1.54) is 16.8 Å². The van der Waals surface area contributed by atoms with Gasteiger partial charge in [-0.2, -0.15) is 0 Å². The lowest BCUT2D eigenvalue weighted by atomic mass is 10.0. The zero-order valence-corrected chi connectivity index (χ0v) is 17.0. The van der Waals surface area contributed by atoms with Gasteiger partial charge in [-0.05, 0) is 41.0 Å². The Morgan fingerprint density at radius 3 is 2.64 bits per heavy atom. The normalized spacial score (nSPS) is 15.9. The van der Waals surface area contributed by atoms with Gasteiger partial charge in [0.25, 0.3) is 0 Å². The molecule has 28 heavy (non-hydrogen) atoms. The maximum absolute atomic E-state index is 6.16. The van der Waals surface area contributed by atoms with E-state index in [-0.39, 0.29) is 18.5 Å². The second-order valence-electron chi connectivity index (χ2n) is 6.68. The summed E-state index contributed by atoms with van der Waals surface area (Å²) in [6.45, 7) is 2.22. The molecule has 4 rings (SSSR count). The third-order valence-electron chi connectivity index (χ3n) is 4.90. The minimum Gasteiger partial charge on any atom is -0.471 e. The van der Waals surface area contributed by atoms with Crippen LogP contribution in [0.4, 0.5) is 5.69 Å². The summed E-state index contributed by atoms with van der Waals surface area (Å²) in [7, 11) is 0. The van der Waals surface area contributed by atoms with Gasteiger partial charge in [0.05, 0.1) is 6.54 Å². The van der Waals surface area contributed by atoms with Gasteiger partial charge in [-0.1, -0.05) is 48.0 Å². The van der Waals surface area contributed by atoms with Gasteiger partial charge in [0.15, 0.2) is 0 Å². The molecule has 1 saturated heterocycles. The summed E-state index contributed by atoms with van der Waals surface area (Å²) in [5.74, 6) is 0.504. The van der Waals surface area contributed by atoms with E-state index in [2.05, 4.69) is 52.3 Å². The highest BCUT2D eigenvalue weighted by Crippen LogP contribution is 2.31. The minimum absolute atomic E-state index is 0. The van der Waals surface area contributed by atoms with E-state index in [1.807, 2.05) is 6.07 Å². The number of hydrogen-bond donors (Lipinski definition) is 1. The number of ether oxygens (including phenoxy) is 1. The average Bonchev–Trinajstić information content (AvgIpc) is 3.18. The molecule has 2 aromatic carbocycles. The zero-order chi connectivity index (χ0) is 18.6. The molecule has 0 radical (unpaired) electrons. The first-order chi connectivity index (χ1) is 13.2. The Balaban J connectivity index is 0.00000225. The first kappa shape index (κ1) is 20.5. The molecule has 0 aliphatic carbocycles. The van der Waals surface area contributed by atoms with Gasteiger partial charge in [-0.25, -0.2) is 4.98 Å². The van der Waals surface area contributed by atoms with Gasteiger partial charge >= 0.3 is 0 Å². The van der Waals surface area contributed by atoms with Crippen LogP contribution in [0.25, 0.3) is 11.1 Å². The molecular formula is C22H23Cl2N3O. The molecule has 1 aromatic heterocycles. The molecule has 3 aromatic rings. The molecule has 1 aliphatic rings. The molecule has 146 valence electrons. The van der Waals surface area contributed by atoms with Crippen molar-refractivity contribution in [2.45, 2.75) is 19.1 Å². The molecule has 0 bridgehead atoms. The van der Waals surface area contributed by atoms with Crippen LogP contribution in [-0.2, 0) is 6.54 Å². The first-order valence-corrected chi connectivity index (χ1v) is 9.53. The average molecular weight is 416 g/mol. The number of anilines is 1. The molecule has 2 heterocycles. The van der Waals surface area contributed by atoms with Gasteiger partial charge < -0.3 is 15.4 Å². The highest BCUT2D eigenvalue weighted by molar-refractivity contribution is 6.31. The number of hydrogen-bond acceptors (Lipinski definition) is 4. The van der Waals surface area contributed by atoms with Crippen LogP contribution in [0.3, 0.4) is 0 Å². The van der Waals surface area contributed by atoms with Crippen molar-refractivity contribution in [3.05, 3.63) is 77.4 Å². The van der Waals surface area contributed by atoms with Crippen LogP contribution < -0.4 is 15.4 Å². The Morgan fingerprint density at radius 1 is 1.07 bits per heavy atom. The number of nitrogens with zero attached hydrogens (tertiary/aromatic N) is 2. The van der Waals surface area contributed by atoms with E-state index < -0.39 is 0 Å². The summed E-state index contributed by atoms with van der Waals surface area (Å²) in [6, 6.07) is 20.5. The Labute approximate surface area is 176 Å². The van der Waals surface area contributed by atoms with Gasteiger partial charge in [0.2, 0.25) is 5.88 Å². The van der Waals surface area contributed by atoms with E-state index in [0.717, 1.165) is 25.1 Å². The highest BCUT2D eigenvalue weighted by Gasteiger charge is 2.26. The fraction of sp³-hybridized carbons (Fsp3) is 0.227. The predicted octanol–water partition coefficient (Wildman–Crippen LogP) is 4.94. The summed E-state index contributed by atoms with van der Waals surface area (Å²) < 4.78 is 6.01. The largest absolute Gasteiger partial charge is 0.471 e. The maximum atomic E-state index is 6.16. The number of rotatable bonds is 5. The Hall–Kier alpha value is -2.27. The summed E-state index contributed by atoms with van der Waals surface area (Å²) in [4.78, 5) is 6.56. The van der Waals surface area contributed by atoms with Gasteiger partial charge in [0, 0.05) is 31.4 Å². The van der Waals surface area contributed by atoms with Crippen molar-refractivity contribution < 1.29 is 4.74 Å². The third kappa shape index (κ3) is 4.41. The van der Waals surface area contributed by atoms with Crippen molar-refractivity contribution in [1.82, 2.24) is 4.98 Å². The quantitative estimate of drug-likeness (QED) is 0.640. The lowest BCUT2D eigenvalue weighted by Crippen LogP contribution is -2.26. The van der Waals surface area contributed by atoms with Crippen LogP contribution in [0.5, 0.6) is 5.88 Å². The lowest BCUT2D eigenvalue weighted by Gasteiger charge is -2.22. The maximum Gasteiger partial charge on any atom is 0.232 e. The third-order valence-corrected chi connectivity index (χ3v) is 5.18. The molecule has 0 spiro atoms. The molecule has 0 amide bonds. The molecule has 2 N–H and O–H groups in total. The number of halogens is 2. The van der Waals surface area contributed by atoms with Gasteiger partial charge in [-0.15, -0.1) is 12.4 Å². The molecule has 1 aliphatic heterocycles. The number of aromatic nitrogens is 1. The number of nitrogens with two attached hydrogens (primary N) is 1. The van der Waals surface area contributed by atoms with Crippen molar-refractivity contribution in [2.24, 2.45) is 5.73 Å². The number of pyridine rings is 1. The summed E-state index contributed by atoms with van der Waals surface area (Å²) >= 11 is 6.16. The van der Waals surface area contributed by atoms with Gasteiger partial charge in [0.1, 0.15) is 11.1 Å². The predicted molar refractivity (Wildman–Crippen MR) is 118 cm³/mol. The fourth-order valence-electron chi connectivity index (χ4n) is 3.53. The van der Waals surface area contributed by atoms with Crippen molar-refractivity contribution in [2.75, 3.05) is 18.0 Å². The SMILES string of the molecule is Cl.NCc1cc(-c2ccccc2)ccc1N1CCC(Oc2ncccc2Cl)C1. The highest BCUT2D eigenvalue weighted by atomic mass is 35.5. The van der Waals surface area contributed by atoms with Crippen molar-refractivity contribution >= 4 is 29.7 Å². The zero-order valence-electron chi connectivity index (χ0n) is 15.4. The van der Waals surface area contributed by atoms with Crippen LogP contribution >= 0.6 is 24.0 Å². The van der Waals surface area contributed by atoms with Crippen molar-refractivity contribution in [3.8, 4) is 17.0 Å². The molecule has 0 saturated carbocycles. The van der Waals surface area contributed by atoms with Crippen LogP contribution in [0.15, 0.2) is 66.9 Å². The number of benzene rings is 2. The molecule has 1 fully saturated rings.